The van der Waals surface area contributed by atoms with Gasteiger partial charge < -0.3 is 4.90 Å². The van der Waals surface area contributed by atoms with Crippen molar-refractivity contribution in [3.8, 4) is 0 Å². The second kappa shape index (κ2) is 6.66. The van der Waals surface area contributed by atoms with E-state index in [0.717, 1.165) is 38.5 Å². The van der Waals surface area contributed by atoms with Crippen LogP contribution in [0.3, 0.4) is 0 Å². The lowest BCUT2D eigenvalue weighted by Crippen LogP contribution is -2.46. The van der Waals surface area contributed by atoms with Gasteiger partial charge in [0.2, 0.25) is 0 Å². The second-order valence-electron chi connectivity index (χ2n) is 6.58. The van der Waals surface area contributed by atoms with Crippen molar-refractivity contribution >= 4 is 5.69 Å². The van der Waals surface area contributed by atoms with E-state index in [1.165, 1.54) is 31.4 Å². The molecule has 0 spiro atoms. The third-order valence-corrected chi connectivity index (χ3v) is 5.09. The summed E-state index contributed by atoms with van der Waals surface area (Å²) in [5.41, 5.74) is 1.32. The van der Waals surface area contributed by atoms with E-state index in [-0.39, 0.29) is 0 Å². The van der Waals surface area contributed by atoms with Gasteiger partial charge in [0.1, 0.15) is 0 Å². The smallest absolute Gasteiger partial charge is 0.165 e. The number of benzene rings is 1. The number of tetrazole rings is 1. The van der Waals surface area contributed by atoms with Gasteiger partial charge in [-0.2, -0.15) is 0 Å². The number of hydrogen-bond acceptors (Lipinski definition) is 5. The van der Waals surface area contributed by atoms with Crippen LogP contribution in [0, 0.1) is 0 Å². The Kier molecular flexibility index (Phi) is 4.24. The molecule has 1 aromatic carbocycles. The van der Waals surface area contributed by atoms with Crippen LogP contribution < -0.4 is 4.90 Å². The Bertz CT molecular complexity index is 611. The second-order valence-corrected chi connectivity index (χ2v) is 6.58. The first-order chi connectivity index (χ1) is 11.4. The molecule has 0 unspecified atom stereocenters. The lowest BCUT2D eigenvalue weighted by molar-refractivity contribution is 0.236. The summed E-state index contributed by atoms with van der Waals surface area (Å²) in [6, 6.07) is 11.2. The summed E-state index contributed by atoms with van der Waals surface area (Å²) >= 11 is 0. The van der Waals surface area contributed by atoms with E-state index in [2.05, 4.69) is 60.3 Å². The maximum absolute atomic E-state index is 4.28. The van der Waals surface area contributed by atoms with Crippen LogP contribution in [0.4, 0.5) is 5.69 Å². The van der Waals surface area contributed by atoms with Crippen molar-refractivity contribution in [2.24, 2.45) is 0 Å². The molecule has 1 aliphatic heterocycles. The molecule has 2 aliphatic rings. The Morgan fingerprint density at radius 3 is 2.43 bits per heavy atom. The van der Waals surface area contributed by atoms with Crippen LogP contribution in [-0.2, 0) is 6.54 Å². The molecule has 2 aromatic rings. The third-order valence-electron chi connectivity index (χ3n) is 5.09. The van der Waals surface area contributed by atoms with E-state index in [1.807, 2.05) is 0 Å². The van der Waals surface area contributed by atoms with E-state index in [1.54, 1.807) is 0 Å². The molecule has 23 heavy (non-hydrogen) atoms. The molecule has 122 valence electrons. The molecule has 2 heterocycles. The van der Waals surface area contributed by atoms with Gasteiger partial charge in [-0.1, -0.05) is 31.0 Å². The molecule has 1 aromatic heterocycles. The van der Waals surface area contributed by atoms with E-state index < -0.39 is 0 Å². The molecule has 0 radical (unpaired) electrons. The third kappa shape index (κ3) is 3.22. The van der Waals surface area contributed by atoms with Crippen molar-refractivity contribution in [2.45, 2.75) is 38.3 Å². The van der Waals surface area contributed by atoms with Gasteiger partial charge in [0.15, 0.2) is 5.82 Å². The van der Waals surface area contributed by atoms with Crippen LogP contribution in [0.15, 0.2) is 30.3 Å². The number of hydrogen-bond donors (Lipinski definition) is 0. The average molecular weight is 312 g/mol. The Hall–Kier alpha value is -1.95. The van der Waals surface area contributed by atoms with Crippen molar-refractivity contribution < 1.29 is 0 Å². The molecule has 4 rings (SSSR count). The lowest BCUT2D eigenvalue weighted by atomic mass is 10.2. The zero-order chi connectivity index (χ0) is 15.5. The molecular formula is C17H24N6. The Morgan fingerprint density at radius 2 is 1.70 bits per heavy atom. The van der Waals surface area contributed by atoms with Crippen LogP contribution in [0.5, 0.6) is 0 Å². The Balaban J connectivity index is 1.36. The van der Waals surface area contributed by atoms with Crippen LogP contribution in [0.2, 0.25) is 0 Å². The van der Waals surface area contributed by atoms with E-state index in [0.29, 0.717) is 6.04 Å². The Morgan fingerprint density at radius 1 is 0.957 bits per heavy atom. The SMILES string of the molecule is c1ccc(N2CCN(Cc3nnnn3C3CCCC3)CC2)cc1. The van der Waals surface area contributed by atoms with E-state index in [9.17, 15) is 0 Å². The van der Waals surface area contributed by atoms with E-state index in [4.69, 9.17) is 0 Å². The fourth-order valence-corrected chi connectivity index (χ4v) is 3.75. The van der Waals surface area contributed by atoms with Crippen molar-refractivity contribution in [3.05, 3.63) is 36.2 Å². The minimum atomic E-state index is 0.519. The largest absolute Gasteiger partial charge is 0.369 e. The highest BCUT2D eigenvalue weighted by molar-refractivity contribution is 5.46. The van der Waals surface area contributed by atoms with Gasteiger partial charge in [-0.15, -0.1) is 5.10 Å². The van der Waals surface area contributed by atoms with Crippen molar-refractivity contribution in [2.75, 3.05) is 31.1 Å². The van der Waals surface area contributed by atoms with Crippen LogP contribution in [0.1, 0.15) is 37.5 Å². The number of piperazine rings is 1. The van der Waals surface area contributed by atoms with Gasteiger partial charge >= 0.3 is 0 Å². The molecule has 2 fully saturated rings. The molecule has 0 amide bonds. The monoisotopic (exact) mass is 312 g/mol. The number of para-hydroxylation sites is 1. The van der Waals surface area contributed by atoms with Crippen LogP contribution in [-0.4, -0.2) is 51.3 Å². The summed E-state index contributed by atoms with van der Waals surface area (Å²) in [5, 5.41) is 12.4. The highest BCUT2D eigenvalue weighted by Gasteiger charge is 2.24. The fraction of sp³-hybridized carbons (Fsp3) is 0.588. The van der Waals surface area contributed by atoms with Gasteiger partial charge in [0, 0.05) is 31.9 Å². The van der Waals surface area contributed by atoms with Gasteiger partial charge in [0.05, 0.1) is 12.6 Å². The zero-order valence-electron chi connectivity index (χ0n) is 13.5. The summed E-state index contributed by atoms with van der Waals surface area (Å²) in [6.07, 6.45) is 5.05. The molecule has 0 bridgehead atoms. The molecule has 0 atom stereocenters. The van der Waals surface area contributed by atoms with Gasteiger partial charge in [-0.3, -0.25) is 4.90 Å². The predicted molar refractivity (Wildman–Crippen MR) is 89.3 cm³/mol. The average Bonchev–Trinajstić information content (AvgIpc) is 3.27. The first-order valence-electron chi connectivity index (χ1n) is 8.69. The molecule has 6 nitrogen and oxygen atoms in total. The first kappa shape index (κ1) is 14.6. The normalized spacial score (nSPS) is 20.3. The number of anilines is 1. The summed E-state index contributed by atoms with van der Waals surface area (Å²) < 4.78 is 2.08. The number of aromatic nitrogens is 4. The predicted octanol–water partition coefficient (Wildman–Crippen LogP) is 2.11. The summed E-state index contributed by atoms with van der Waals surface area (Å²) in [6.45, 7) is 5.12. The molecule has 1 aliphatic carbocycles. The van der Waals surface area contributed by atoms with Crippen molar-refractivity contribution in [1.29, 1.82) is 0 Å². The highest BCUT2D eigenvalue weighted by atomic mass is 15.6. The van der Waals surface area contributed by atoms with Gasteiger partial charge in [-0.05, 0) is 35.4 Å². The van der Waals surface area contributed by atoms with Crippen molar-refractivity contribution in [3.63, 3.8) is 0 Å². The lowest BCUT2D eigenvalue weighted by Gasteiger charge is -2.35. The molecule has 1 saturated carbocycles. The quantitative estimate of drug-likeness (QED) is 0.865. The summed E-state index contributed by atoms with van der Waals surface area (Å²) in [7, 11) is 0. The van der Waals surface area contributed by atoms with Gasteiger partial charge in [-0.25, -0.2) is 4.68 Å². The van der Waals surface area contributed by atoms with Crippen LogP contribution in [0.25, 0.3) is 0 Å². The van der Waals surface area contributed by atoms with Gasteiger partial charge in [0.25, 0.3) is 0 Å². The van der Waals surface area contributed by atoms with Crippen LogP contribution >= 0.6 is 0 Å². The molecule has 6 heteroatoms. The fourth-order valence-electron chi connectivity index (χ4n) is 3.75. The Labute approximate surface area is 137 Å². The summed E-state index contributed by atoms with van der Waals surface area (Å²) in [4.78, 5) is 4.92. The molecular weight excluding hydrogens is 288 g/mol. The minimum absolute atomic E-state index is 0.519. The minimum Gasteiger partial charge on any atom is -0.369 e. The standard InChI is InChI=1S/C17H24N6/c1-2-6-15(7-3-1)22-12-10-21(11-13-22)14-17-18-19-20-23(17)16-8-4-5-9-16/h1-3,6-7,16H,4-5,8-14H2. The maximum atomic E-state index is 4.28. The number of nitrogens with zero attached hydrogens (tertiary/aromatic N) is 6. The zero-order valence-corrected chi connectivity index (χ0v) is 13.5. The molecule has 0 N–H and O–H groups in total. The number of rotatable bonds is 4. The maximum Gasteiger partial charge on any atom is 0.165 e. The topological polar surface area (TPSA) is 50.1 Å². The molecule has 1 saturated heterocycles. The van der Waals surface area contributed by atoms with E-state index >= 15 is 0 Å². The summed E-state index contributed by atoms with van der Waals surface area (Å²) in [5.74, 6) is 1.03. The van der Waals surface area contributed by atoms with Crippen molar-refractivity contribution in [1.82, 2.24) is 25.1 Å². The highest BCUT2D eigenvalue weighted by Crippen LogP contribution is 2.29. The first-order valence-corrected chi connectivity index (χ1v) is 8.69.